The van der Waals surface area contributed by atoms with Crippen molar-refractivity contribution in [3.63, 3.8) is 0 Å². The summed E-state index contributed by atoms with van der Waals surface area (Å²) in [5.74, 6) is 0. The Kier molecular flexibility index (Phi) is 11.0. The summed E-state index contributed by atoms with van der Waals surface area (Å²) >= 11 is 0. The van der Waals surface area contributed by atoms with E-state index in [0.29, 0.717) is 0 Å². The Morgan fingerprint density at radius 3 is 1.75 bits per heavy atom. The van der Waals surface area contributed by atoms with Gasteiger partial charge in [0.25, 0.3) is 0 Å². The molecule has 0 fully saturated rings. The van der Waals surface area contributed by atoms with Gasteiger partial charge in [-0.3, -0.25) is 0 Å². The molecule has 0 aliphatic carbocycles. The molecule has 0 saturated heterocycles. The lowest BCUT2D eigenvalue weighted by Gasteiger charge is -2.26. The Bertz CT molecular complexity index is 225. The summed E-state index contributed by atoms with van der Waals surface area (Å²) in [7, 11) is 5.74. The highest BCUT2D eigenvalue weighted by atomic mass is 28.4. The van der Waals surface area contributed by atoms with E-state index in [4.69, 9.17) is 22.8 Å². The van der Waals surface area contributed by atoms with Crippen LogP contribution in [0.3, 0.4) is 0 Å². The number of unbranched alkanes of at least 4 members (excludes halogenated alkanes) is 3. The summed E-state index contributed by atoms with van der Waals surface area (Å²) in [4.78, 5) is 0. The largest absolute Gasteiger partial charge is 0.500 e. The van der Waals surface area contributed by atoms with Crippen LogP contribution in [0, 0.1) is 0 Å². The van der Waals surface area contributed by atoms with Crippen LogP contribution in [0.1, 0.15) is 32.6 Å². The van der Waals surface area contributed by atoms with Gasteiger partial charge in [-0.15, -0.1) is 0 Å². The molecule has 0 aromatic heterocycles. The van der Waals surface area contributed by atoms with E-state index in [1.807, 2.05) is 6.92 Å². The van der Waals surface area contributed by atoms with Gasteiger partial charge in [0, 0.05) is 41.6 Å². The lowest BCUT2D eigenvalue weighted by atomic mass is 10.2. The molecule has 0 spiro atoms. The van der Waals surface area contributed by atoms with Crippen LogP contribution in [-0.4, -0.2) is 59.3 Å². The van der Waals surface area contributed by atoms with Crippen LogP contribution in [0.25, 0.3) is 0 Å². The van der Waals surface area contributed by atoms with E-state index in [1.54, 1.807) is 35.5 Å². The van der Waals surface area contributed by atoms with E-state index in [1.165, 1.54) is 25.3 Å². The van der Waals surface area contributed by atoms with Crippen LogP contribution < -0.4 is 0 Å². The molecule has 0 rings (SSSR count). The van der Waals surface area contributed by atoms with Crippen molar-refractivity contribution in [2.45, 2.75) is 50.1 Å². The second kappa shape index (κ2) is 10.9. The van der Waals surface area contributed by atoms with Gasteiger partial charge in [-0.2, -0.15) is 0 Å². The molecule has 0 heterocycles. The normalized spacial score (nSPS) is 13.5. The van der Waals surface area contributed by atoms with E-state index in [2.05, 4.69) is 0 Å². The molecule has 0 radical (unpaired) electrons. The molecule has 0 aromatic rings. The van der Waals surface area contributed by atoms with Crippen LogP contribution >= 0.6 is 0 Å². The van der Waals surface area contributed by atoms with Gasteiger partial charge in [-0.1, -0.05) is 25.3 Å². The van der Waals surface area contributed by atoms with E-state index in [9.17, 15) is 0 Å². The van der Waals surface area contributed by atoms with Gasteiger partial charge in [-0.25, -0.2) is 0 Å². The number of rotatable bonds is 13. The molecule has 122 valence electrons. The second-order valence-corrected chi connectivity index (χ2v) is 10.7. The van der Waals surface area contributed by atoms with Crippen molar-refractivity contribution in [2.24, 2.45) is 0 Å². The molecule has 20 heavy (non-hydrogen) atoms. The van der Waals surface area contributed by atoms with Crippen molar-refractivity contribution >= 4 is 18.3 Å². The fourth-order valence-electron chi connectivity index (χ4n) is 2.16. The predicted octanol–water partition coefficient (Wildman–Crippen LogP) is 1.98. The van der Waals surface area contributed by atoms with Gasteiger partial charge in [0.2, 0.25) is 0 Å². The standard InChI is InChI=1S/C13H32O5Si2/c1-13(14-2,15-3)19-11-9-7-8-10-12-20(16-4,17-5)18-6/h7-12,19H2,1-6H3. The molecule has 0 unspecified atom stereocenters. The third-order valence-corrected chi connectivity index (χ3v) is 9.08. The topological polar surface area (TPSA) is 46.2 Å². The van der Waals surface area contributed by atoms with Crippen molar-refractivity contribution in [1.82, 2.24) is 0 Å². The Balaban J connectivity index is 3.68. The molecular formula is C13H32O5Si2. The molecule has 0 atom stereocenters. The molecule has 0 aromatic carbocycles. The second-order valence-electron chi connectivity index (χ2n) is 5.11. The molecule has 5 nitrogen and oxygen atoms in total. The predicted molar refractivity (Wildman–Crippen MR) is 85.8 cm³/mol. The van der Waals surface area contributed by atoms with Crippen molar-refractivity contribution in [2.75, 3.05) is 35.5 Å². The first-order valence-corrected chi connectivity index (χ1v) is 10.9. The third-order valence-electron chi connectivity index (χ3n) is 3.91. The zero-order valence-electron chi connectivity index (χ0n) is 14.0. The van der Waals surface area contributed by atoms with Gasteiger partial charge < -0.3 is 22.8 Å². The lowest BCUT2D eigenvalue weighted by Crippen LogP contribution is -2.42. The fourth-order valence-corrected chi connectivity index (χ4v) is 5.61. The Morgan fingerprint density at radius 2 is 1.30 bits per heavy atom. The van der Waals surface area contributed by atoms with Crippen LogP contribution in [0.15, 0.2) is 0 Å². The number of hydrogen-bond donors (Lipinski definition) is 0. The molecule has 0 N–H and O–H groups in total. The Labute approximate surface area is 127 Å². The van der Waals surface area contributed by atoms with Gasteiger partial charge in [0.15, 0.2) is 0 Å². The molecule has 0 bridgehead atoms. The monoisotopic (exact) mass is 324 g/mol. The van der Waals surface area contributed by atoms with Gasteiger partial charge in [-0.05, 0) is 13.3 Å². The minimum atomic E-state index is -2.36. The van der Waals surface area contributed by atoms with Crippen LogP contribution in [0.2, 0.25) is 12.1 Å². The molecule has 0 amide bonds. The van der Waals surface area contributed by atoms with Crippen LogP contribution in [0.5, 0.6) is 0 Å². The maximum Gasteiger partial charge on any atom is 0.500 e. The Hall–Kier alpha value is 0.234. The number of methoxy groups -OCH3 is 2. The smallest absolute Gasteiger partial charge is 0.377 e. The highest BCUT2D eigenvalue weighted by Crippen LogP contribution is 2.18. The summed E-state index contributed by atoms with van der Waals surface area (Å²) in [6.45, 7) is 2.04. The minimum Gasteiger partial charge on any atom is -0.377 e. The average Bonchev–Trinajstić information content (AvgIpc) is 2.50. The van der Waals surface area contributed by atoms with E-state index in [0.717, 1.165) is 12.5 Å². The zero-order valence-corrected chi connectivity index (χ0v) is 16.4. The SMILES string of the molecule is COC(C)(OC)[SiH2]CCCCCC[Si](OC)(OC)OC. The maximum atomic E-state index is 5.41. The van der Waals surface area contributed by atoms with E-state index < -0.39 is 8.80 Å². The Morgan fingerprint density at radius 1 is 0.800 bits per heavy atom. The number of hydrogen-bond acceptors (Lipinski definition) is 5. The van der Waals surface area contributed by atoms with Gasteiger partial charge >= 0.3 is 8.80 Å². The van der Waals surface area contributed by atoms with Crippen molar-refractivity contribution in [1.29, 1.82) is 0 Å². The maximum absolute atomic E-state index is 5.41. The van der Waals surface area contributed by atoms with Crippen molar-refractivity contribution < 1.29 is 22.8 Å². The fraction of sp³-hybridized carbons (Fsp3) is 1.00. The zero-order chi connectivity index (χ0) is 15.5. The first-order chi connectivity index (χ1) is 9.51. The molecule has 0 aliphatic rings. The van der Waals surface area contributed by atoms with Crippen molar-refractivity contribution in [3.8, 4) is 0 Å². The minimum absolute atomic E-state index is 0.301. The highest BCUT2D eigenvalue weighted by molar-refractivity contribution is 6.60. The quantitative estimate of drug-likeness (QED) is 0.294. The van der Waals surface area contributed by atoms with Gasteiger partial charge in [0.1, 0.15) is 5.41 Å². The highest BCUT2D eigenvalue weighted by Gasteiger charge is 2.36. The summed E-state index contributed by atoms with van der Waals surface area (Å²) in [5.41, 5.74) is -0.301. The average molecular weight is 325 g/mol. The molecule has 0 saturated carbocycles. The number of ether oxygens (including phenoxy) is 2. The van der Waals surface area contributed by atoms with Gasteiger partial charge in [0.05, 0.1) is 9.52 Å². The molecule has 0 aliphatic heterocycles. The first kappa shape index (κ1) is 20.2. The first-order valence-electron chi connectivity index (χ1n) is 7.27. The molecular weight excluding hydrogens is 292 g/mol. The third kappa shape index (κ3) is 7.30. The van der Waals surface area contributed by atoms with Crippen LogP contribution in [-0.2, 0) is 22.8 Å². The summed E-state index contributed by atoms with van der Waals surface area (Å²) in [6, 6.07) is 2.14. The van der Waals surface area contributed by atoms with Crippen LogP contribution in [0.4, 0.5) is 0 Å². The summed E-state index contributed by atoms with van der Waals surface area (Å²) in [5, 5.41) is 0. The summed E-state index contributed by atoms with van der Waals surface area (Å²) in [6.07, 6.45) is 4.76. The lowest BCUT2D eigenvalue weighted by molar-refractivity contribution is -0.130. The van der Waals surface area contributed by atoms with E-state index in [-0.39, 0.29) is 14.9 Å². The van der Waals surface area contributed by atoms with E-state index >= 15 is 0 Å². The summed E-state index contributed by atoms with van der Waals surface area (Å²) < 4.78 is 27.0. The molecule has 7 heteroatoms. The van der Waals surface area contributed by atoms with Crippen molar-refractivity contribution in [3.05, 3.63) is 0 Å².